The molecule has 0 aliphatic carbocycles. The van der Waals surface area contributed by atoms with Gasteiger partial charge in [0.15, 0.2) is 5.13 Å². The molecule has 28 heavy (non-hydrogen) atoms. The minimum absolute atomic E-state index is 0. The van der Waals surface area contributed by atoms with Crippen LogP contribution in [0.4, 0.5) is 5.13 Å². The van der Waals surface area contributed by atoms with Crippen molar-refractivity contribution in [3.63, 3.8) is 0 Å². The van der Waals surface area contributed by atoms with Crippen molar-refractivity contribution in [2.75, 3.05) is 37.8 Å². The molecular formula is C20H23BrClN3OS2. The van der Waals surface area contributed by atoms with Crippen LogP contribution in [-0.4, -0.2) is 48.7 Å². The van der Waals surface area contributed by atoms with Gasteiger partial charge in [0.25, 0.3) is 0 Å². The van der Waals surface area contributed by atoms with Crippen molar-refractivity contribution in [2.24, 2.45) is 0 Å². The zero-order valence-corrected chi connectivity index (χ0v) is 20.1. The first-order chi connectivity index (χ1) is 12.9. The Kier molecular flexibility index (Phi) is 8.77. The number of aryl methyl sites for hydroxylation is 1. The van der Waals surface area contributed by atoms with Gasteiger partial charge in [-0.1, -0.05) is 45.0 Å². The molecule has 1 amide bonds. The number of likely N-dealkylation sites (N-methyl/N-ethyl adjacent to an activating group) is 1. The highest BCUT2D eigenvalue weighted by molar-refractivity contribution is 9.10. The number of amides is 1. The van der Waals surface area contributed by atoms with E-state index in [1.807, 2.05) is 37.2 Å². The van der Waals surface area contributed by atoms with Gasteiger partial charge in [-0.05, 0) is 51.4 Å². The van der Waals surface area contributed by atoms with Crippen LogP contribution in [0.2, 0.25) is 0 Å². The molecule has 2 aromatic carbocycles. The molecule has 3 aromatic rings. The summed E-state index contributed by atoms with van der Waals surface area (Å²) in [6.07, 6.45) is 0. The first-order valence-electron chi connectivity index (χ1n) is 8.63. The number of carbonyl (C=O) groups is 1. The molecule has 150 valence electrons. The number of thiazole rings is 1. The minimum atomic E-state index is 0. The smallest absolute Gasteiger partial charge is 0.239 e. The van der Waals surface area contributed by atoms with E-state index in [-0.39, 0.29) is 18.3 Å². The molecule has 0 aliphatic heterocycles. The number of halogens is 2. The molecular weight excluding hydrogens is 478 g/mol. The van der Waals surface area contributed by atoms with Crippen LogP contribution < -0.4 is 4.90 Å². The fourth-order valence-corrected chi connectivity index (χ4v) is 4.82. The van der Waals surface area contributed by atoms with Crippen LogP contribution >= 0.6 is 51.4 Å². The molecule has 0 N–H and O–H groups in total. The van der Waals surface area contributed by atoms with E-state index in [0.717, 1.165) is 31.3 Å². The number of carbonyl (C=O) groups excluding carboxylic acids is 1. The third-order valence-corrected chi connectivity index (χ3v) is 6.56. The maximum Gasteiger partial charge on any atom is 0.239 e. The Morgan fingerprint density at radius 3 is 2.54 bits per heavy atom. The second-order valence-electron chi connectivity index (χ2n) is 6.56. The van der Waals surface area contributed by atoms with Crippen LogP contribution in [0.1, 0.15) is 5.56 Å². The summed E-state index contributed by atoms with van der Waals surface area (Å²) in [5, 5.41) is 0.763. The van der Waals surface area contributed by atoms with Gasteiger partial charge < -0.3 is 4.90 Å². The summed E-state index contributed by atoms with van der Waals surface area (Å²) in [6.45, 7) is 3.48. The quantitative estimate of drug-likeness (QED) is 0.403. The van der Waals surface area contributed by atoms with Crippen LogP contribution in [-0.2, 0) is 4.79 Å². The Bertz CT molecular complexity index is 931. The van der Waals surface area contributed by atoms with Crippen molar-refractivity contribution < 1.29 is 4.79 Å². The van der Waals surface area contributed by atoms with Crippen molar-refractivity contribution in [2.45, 2.75) is 11.8 Å². The summed E-state index contributed by atoms with van der Waals surface area (Å²) in [4.78, 5) is 22.7. The van der Waals surface area contributed by atoms with E-state index in [1.54, 1.807) is 23.1 Å². The van der Waals surface area contributed by atoms with Crippen molar-refractivity contribution in [1.29, 1.82) is 0 Å². The van der Waals surface area contributed by atoms with E-state index in [9.17, 15) is 4.79 Å². The minimum Gasteiger partial charge on any atom is -0.308 e. The molecule has 4 nitrogen and oxygen atoms in total. The van der Waals surface area contributed by atoms with E-state index in [2.05, 4.69) is 52.0 Å². The first kappa shape index (κ1) is 23.2. The largest absolute Gasteiger partial charge is 0.308 e. The van der Waals surface area contributed by atoms with Gasteiger partial charge in [-0.3, -0.25) is 9.69 Å². The summed E-state index contributed by atoms with van der Waals surface area (Å²) in [5.41, 5.74) is 2.14. The van der Waals surface area contributed by atoms with E-state index in [0.29, 0.717) is 12.3 Å². The third-order valence-electron chi connectivity index (χ3n) is 4.03. The topological polar surface area (TPSA) is 36.4 Å². The third kappa shape index (κ3) is 6.19. The SMILES string of the molecule is Cc1ccc(SCC(=O)N(CCN(C)C)c2nc3ccc(Br)cc3s2)cc1.Cl. The molecule has 0 unspecified atom stereocenters. The van der Waals surface area contributed by atoms with Gasteiger partial charge in [-0.2, -0.15) is 0 Å². The summed E-state index contributed by atoms with van der Waals surface area (Å²) in [7, 11) is 4.03. The number of benzene rings is 2. The van der Waals surface area contributed by atoms with Gasteiger partial charge in [0, 0.05) is 22.5 Å². The van der Waals surface area contributed by atoms with E-state index >= 15 is 0 Å². The molecule has 1 aromatic heterocycles. The Labute approximate surface area is 188 Å². The van der Waals surface area contributed by atoms with Crippen LogP contribution in [0, 0.1) is 6.92 Å². The van der Waals surface area contributed by atoms with Crippen LogP contribution in [0.3, 0.4) is 0 Å². The van der Waals surface area contributed by atoms with E-state index in [4.69, 9.17) is 4.98 Å². The molecule has 3 rings (SSSR count). The van der Waals surface area contributed by atoms with Gasteiger partial charge in [-0.25, -0.2) is 4.98 Å². The molecule has 0 atom stereocenters. The molecule has 0 radical (unpaired) electrons. The molecule has 0 saturated carbocycles. The molecule has 1 heterocycles. The van der Waals surface area contributed by atoms with Crippen molar-refractivity contribution in [3.8, 4) is 0 Å². The summed E-state index contributed by atoms with van der Waals surface area (Å²) in [6, 6.07) is 14.3. The highest BCUT2D eigenvalue weighted by atomic mass is 79.9. The van der Waals surface area contributed by atoms with Gasteiger partial charge in [0.2, 0.25) is 5.91 Å². The number of hydrogen-bond donors (Lipinski definition) is 0. The fraction of sp³-hybridized carbons (Fsp3) is 0.300. The maximum absolute atomic E-state index is 13.0. The number of fused-ring (bicyclic) bond motifs is 1. The predicted octanol–water partition coefficient (Wildman–Crippen LogP) is 5.48. The number of rotatable bonds is 7. The Balaban J connectivity index is 0.00000280. The fourth-order valence-electron chi connectivity index (χ4n) is 2.49. The highest BCUT2D eigenvalue weighted by Crippen LogP contribution is 2.31. The van der Waals surface area contributed by atoms with E-state index < -0.39 is 0 Å². The van der Waals surface area contributed by atoms with Gasteiger partial charge >= 0.3 is 0 Å². The van der Waals surface area contributed by atoms with Crippen LogP contribution in [0.15, 0.2) is 51.8 Å². The predicted molar refractivity (Wildman–Crippen MR) is 127 cm³/mol. The number of thioether (sulfide) groups is 1. The zero-order chi connectivity index (χ0) is 19.4. The lowest BCUT2D eigenvalue weighted by Crippen LogP contribution is -2.37. The lowest BCUT2D eigenvalue weighted by molar-refractivity contribution is -0.116. The summed E-state index contributed by atoms with van der Waals surface area (Å²) in [5.74, 6) is 0.483. The lowest BCUT2D eigenvalue weighted by atomic mass is 10.2. The van der Waals surface area contributed by atoms with Crippen molar-refractivity contribution >= 4 is 72.7 Å². The Hall–Kier alpha value is -1.12. The molecule has 0 saturated heterocycles. The highest BCUT2D eigenvalue weighted by Gasteiger charge is 2.20. The normalized spacial score (nSPS) is 10.9. The standard InChI is InChI=1S/C20H22BrN3OS2.ClH/c1-14-4-7-16(8-5-14)26-13-19(25)24(11-10-23(2)3)20-22-17-9-6-15(21)12-18(17)27-20;/h4-9,12H,10-11,13H2,1-3H3;1H. The molecule has 0 fully saturated rings. The second kappa shape index (κ2) is 10.6. The van der Waals surface area contributed by atoms with Gasteiger partial charge in [0.1, 0.15) is 0 Å². The van der Waals surface area contributed by atoms with Crippen molar-refractivity contribution in [3.05, 3.63) is 52.5 Å². The molecule has 8 heteroatoms. The zero-order valence-electron chi connectivity index (χ0n) is 16.0. The maximum atomic E-state index is 13.0. The van der Waals surface area contributed by atoms with Crippen LogP contribution in [0.25, 0.3) is 10.2 Å². The average Bonchev–Trinajstić information content (AvgIpc) is 3.03. The monoisotopic (exact) mass is 499 g/mol. The Morgan fingerprint density at radius 2 is 1.86 bits per heavy atom. The summed E-state index contributed by atoms with van der Waals surface area (Å²) < 4.78 is 2.10. The van der Waals surface area contributed by atoms with Crippen LogP contribution in [0.5, 0.6) is 0 Å². The lowest BCUT2D eigenvalue weighted by Gasteiger charge is -2.21. The number of nitrogens with zero attached hydrogens (tertiary/aromatic N) is 3. The molecule has 0 aliphatic rings. The number of hydrogen-bond acceptors (Lipinski definition) is 5. The number of anilines is 1. The Morgan fingerprint density at radius 1 is 1.14 bits per heavy atom. The van der Waals surface area contributed by atoms with Gasteiger partial charge in [-0.15, -0.1) is 24.2 Å². The molecule has 0 spiro atoms. The first-order valence-corrected chi connectivity index (χ1v) is 11.2. The van der Waals surface area contributed by atoms with E-state index in [1.165, 1.54) is 5.56 Å². The molecule has 0 bridgehead atoms. The van der Waals surface area contributed by atoms with Crippen molar-refractivity contribution in [1.82, 2.24) is 9.88 Å². The summed E-state index contributed by atoms with van der Waals surface area (Å²) >= 11 is 6.63. The second-order valence-corrected chi connectivity index (χ2v) is 9.53. The average molecular weight is 501 g/mol. The van der Waals surface area contributed by atoms with Gasteiger partial charge in [0.05, 0.1) is 16.0 Å². The number of aromatic nitrogens is 1.